The van der Waals surface area contributed by atoms with Crippen molar-refractivity contribution in [1.29, 1.82) is 0 Å². The van der Waals surface area contributed by atoms with Gasteiger partial charge in [0.25, 0.3) is 0 Å². The van der Waals surface area contributed by atoms with Gasteiger partial charge in [-0.1, -0.05) is 23.7 Å². The zero-order chi connectivity index (χ0) is 13.8. The molecule has 0 atom stereocenters. The van der Waals surface area contributed by atoms with E-state index in [9.17, 15) is 8.42 Å². The normalized spacial score (nSPS) is 11.8. The van der Waals surface area contributed by atoms with Crippen molar-refractivity contribution in [3.8, 4) is 5.75 Å². The van der Waals surface area contributed by atoms with E-state index < -0.39 is 15.1 Å². The predicted molar refractivity (Wildman–Crippen MR) is 73.8 cm³/mol. The van der Waals surface area contributed by atoms with Crippen molar-refractivity contribution in [2.24, 2.45) is 5.73 Å². The highest BCUT2D eigenvalue weighted by Crippen LogP contribution is 2.28. The van der Waals surface area contributed by atoms with Crippen LogP contribution in [0.3, 0.4) is 0 Å². The minimum atomic E-state index is -3.10. The number of benzene rings is 1. The number of sulfone groups is 1. The van der Waals surface area contributed by atoms with Crippen LogP contribution in [0.2, 0.25) is 5.02 Å². The first kappa shape index (κ1) is 15.3. The minimum Gasteiger partial charge on any atom is -0.491 e. The lowest BCUT2D eigenvalue weighted by Crippen LogP contribution is -2.22. The molecule has 0 saturated heterocycles. The first-order valence-electron chi connectivity index (χ1n) is 5.70. The molecule has 18 heavy (non-hydrogen) atoms. The largest absolute Gasteiger partial charge is 0.491 e. The first-order chi connectivity index (χ1) is 8.38. The van der Waals surface area contributed by atoms with Gasteiger partial charge in [-0.3, -0.25) is 0 Å². The van der Waals surface area contributed by atoms with Crippen LogP contribution in [0.15, 0.2) is 18.2 Å². The van der Waals surface area contributed by atoms with Crippen molar-refractivity contribution in [3.05, 3.63) is 28.8 Å². The van der Waals surface area contributed by atoms with Crippen LogP contribution < -0.4 is 10.5 Å². The van der Waals surface area contributed by atoms with Gasteiger partial charge in [-0.05, 0) is 19.9 Å². The third kappa shape index (κ3) is 3.86. The molecule has 0 aliphatic rings. The molecule has 1 aromatic carbocycles. The van der Waals surface area contributed by atoms with Crippen LogP contribution in [0.1, 0.15) is 19.4 Å². The highest BCUT2D eigenvalue weighted by Gasteiger charge is 2.16. The van der Waals surface area contributed by atoms with Gasteiger partial charge in [0.2, 0.25) is 0 Å². The number of nitrogens with two attached hydrogens (primary N) is 1. The van der Waals surface area contributed by atoms with E-state index in [-0.39, 0.29) is 12.4 Å². The van der Waals surface area contributed by atoms with E-state index in [2.05, 4.69) is 0 Å². The number of rotatable bonds is 6. The standard InChI is InChI=1S/C12H18ClNO3S/c1-9(2)18(15,16)7-6-17-12-10(8-14)4-3-5-11(12)13/h3-5,9H,6-8,14H2,1-2H3. The van der Waals surface area contributed by atoms with Crippen LogP contribution in [0.25, 0.3) is 0 Å². The van der Waals surface area contributed by atoms with Gasteiger partial charge in [0, 0.05) is 12.1 Å². The Kier molecular flexibility index (Phi) is 5.44. The molecule has 0 aromatic heterocycles. The lowest BCUT2D eigenvalue weighted by Gasteiger charge is -2.13. The van der Waals surface area contributed by atoms with Crippen LogP contribution in [-0.2, 0) is 16.4 Å². The fourth-order valence-corrected chi connectivity index (χ4v) is 2.41. The zero-order valence-corrected chi connectivity index (χ0v) is 12.1. The molecule has 1 aromatic rings. The molecule has 102 valence electrons. The maximum atomic E-state index is 11.6. The summed E-state index contributed by atoms with van der Waals surface area (Å²) in [4.78, 5) is 0. The second-order valence-corrected chi connectivity index (χ2v) is 7.28. The highest BCUT2D eigenvalue weighted by atomic mass is 35.5. The monoisotopic (exact) mass is 291 g/mol. The van der Waals surface area contributed by atoms with Gasteiger partial charge in [0.05, 0.1) is 16.0 Å². The van der Waals surface area contributed by atoms with Crippen LogP contribution in [0, 0.1) is 0 Å². The molecule has 4 nitrogen and oxygen atoms in total. The Morgan fingerprint density at radius 3 is 2.61 bits per heavy atom. The molecule has 0 aliphatic carbocycles. The molecule has 0 aliphatic heterocycles. The van der Waals surface area contributed by atoms with E-state index in [1.807, 2.05) is 0 Å². The SMILES string of the molecule is CC(C)S(=O)(=O)CCOc1c(Cl)cccc1CN. The molecule has 1 rings (SSSR count). The average molecular weight is 292 g/mol. The third-order valence-corrected chi connectivity index (χ3v) is 5.07. The molecule has 0 unspecified atom stereocenters. The Labute approximate surface area is 113 Å². The lowest BCUT2D eigenvalue weighted by molar-refractivity contribution is 0.337. The van der Waals surface area contributed by atoms with Gasteiger partial charge in [0.15, 0.2) is 9.84 Å². The molecular formula is C12H18ClNO3S. The molecular weight excluding hydrogens is 274 g/mol. The number of hydrogen-bond acceptors (Lipinski definition) is 4. The summed E-state index contributed by atoms with van der Waals surface area (Å²) < 4.78 is 28.7. The Morgan fingerprint density at radius 2 is 2.06 bits per heavy atom. The van der Waals surface area contributed by atoms with E-state index in [0.717, 1.165) is 5.56 Å². The van der Waals surface area contributed by atoms with Crippen molar-refractivity contribution in [2.45, 2.75) is 25.6 Å². The smallest absolute Gasteiger partial charge is 0.155 e. The molecule has 0 amide bonds. The molecule has 0 fully saturated rings. The maximum absolute atomic E-state index is 11.6. The Hall–Kier alpha value is -0.780. The summed E-state index contributed by atoms with van der Waals surface area (Å²) in [6.07, 6.45) is 0. The number of ether oxygens (including phenoxy) is 1. The van der Waals surface area contributed by atoms with Crippen LogP contribution in [-0.4, -0.2) is 26.0 Å². The number of hydrogen-bond donors (Lipinski definition) is 1. The molecule has 0 heterocycles. The maximum Gasteiger partial charge on any atom is 0.155 e. The van der Waals surface area contributed by atoms with Crippen molar-refractivity contribution in [2.75, 3.05) is 12.4 Å². The molecule has 0 radical (unpaired) electrons. The molecule has 0 bridgehead atoms. The fourth-order valence-electron chi connectivity index (χ4n) is 1.37. The second kappa shape index (κ2) is 6.41. The van der Waals surface area contributed by atoms with Crippen molar-refractivity contribution in [3.63, 3.8) is 0 Å². The molecule has 2 N–H and O–H groups in total. The van der Waals surface area contributed by atoms with E-state index in [1.54, 1.807) is 32.0 Å². The van der Waals surface area contributed by atoms with Gasteiger partial charge in [-0.15, -0.1) is 0 Å². The van der Waals surface area contributed by atoms with E-state index >= 15 is 0 Å². The molecule has 6 heteroatoms. The topological polar surface area (TPSA) is 69.4 Å². The third-order valence-electron chi connectivity index (χ3n) is 2.60. The summed E-state index contributed by atoms with van der Waals surface area (Å²) >= 11 is 5.99. The summed E-state index contributed by atoms with van der Waals surface area (Å²) in [5.41, 5.74) is 6.34. The summed E-state index contributed by atoms with van der Waals surface area (Å²) in [7, 11) is -3.10. The highest BCUT2D eigenvalue weighted by molar-refractivity contribution is 7.91. The summed E-state index contributed by atoms with van der Waals surface area (Å²) in [5.74, 6) is 0.445. The Bertz CT molecular complexity index is 500. The molecule has 0 spiro atoms. The van der Waals surface area contributed by atoms with Crippen molar-refractivity contribution < 1.29 is 13.2 Å². The van der Waals surface area contributed by atoms with Gasteiger partial charge in [-0.2, -0.15) is 0 Å². The van der Waals surface area contributed by atoms with Crippen LogP contribution in [0.4, 0.5) is 0 Å². The van der Waals surface area contributed by atoms with Crippen molar-refractivity contribution >= 4 is 21.4 Å². The number of halogens is 1. The van der Waals surface area contributed by atoms with Crippen LogP contribution >= 0.6 is 11.6 Å². The average Bonchev–Trinajstić information content (AvgIpc) is 2.30. The second-order valence-electron chi connectivity index (χ2n) is 4.20. The Balaban J connectivity index is 2.70. The van der Waals surface area contributed by atoms with Gasteiger partial charge >= 0.3 is 0 Å². The fraction of sp³-hybridized carbons (Fsp3) is 0.500. The van der Waals surface area contributed by atoms with E-state index in [0.29, 0.717) is 17.3 Å². The van der Waals surface area contributed by atoms with E-state index in [1.165, 1.54) is 0 Å². The zero-order valence-electron chi connectivity index (χ0n) is 10.5. The van der Waals surface area contributed by atoms with Crippen LogP contribution in [0.5, 0.6) is 5.75 Å². The number of para-hydroxylation sites is 1. The summed E-state index contributed by atoms with van der Waals surface area (Å²) in [6, 6.07) is 5.27. The quantitative estimate of drug-likeness (QED) is 0.870. The summed E-state index contributed by atoms with van der Waals surface area (Å²) in [5, 5.41) is 0.0428. The van der Waals surface area contributed by atoms with Crippen molar-refractivity contribution in [1.82, 2.24) is 0 Å². The first-order valence-corrected chi connectivity index (χ1v) is 7.79. The van der Waals surface area contributed by atoms with E-state index in [4.69, 9.17) is 22.1 Å². The van der Waals surface area contributed by atoms with Gasteiger partial charge in [0.1, 0.15) is 12.4 Å². The summed E-state index contributed by atoms with van der Waals surface area (Å²) in [6.45, 7) is 3.68. The van der Waals surface area contributed by atoms with Gasteiger partial charge in [-0.25, -0.2) is 8.42 Å². The predicted octanol–water partition coefficient (Wildman–Crippen LogP) is 2.00. The van der Waals surface area contributed by atoms with Gasteiger partial charge < -0.3 is 10.5 Å². The molecule has 0 saturated carbocycles. The minimum absolute atomic E-state index is 0.0279. The Morgan fingerprint density at radius 1 is 1.39 bits per heavy atom. The lowest BCUT2D eigenvalue weighted by atomic mass is 10.2.